The number of hydrogen-bond acceptors (Lipinski definition) is 2. The molecular weight excluding hydrogens is 282 g/mol. The molecule has 0 bridgehead atoms. The summed E-state index contributed by atoms with van der Waals surface area (Å²) in [6.07, 6.45) is 1.70. The molecule has 0 amide bonds. The number of benzene rings is 1. The lowest BCUT2D eigenvalue weighted by atomic mass is 10.1. The summed E-state index contributed by atoms with van der Waals surface area (Å²) in [6, 6.07) is 7.15. The van der Waals surface area contributed by atoms with Gasteiger partial charge < -0.3 is 0 Å². The highest BCUT2D eigenvalue weighted by Crippen LogP contribution is 2.29. The van der Waals surface area contributed by atoms with Crippen LogP contribution in [-0.2, 0) is 16.4 Å². The van der Waals surface area contributed by atoms with E-state index in [0.29, 0.717) is 23.2 Å². The minimum Gasteiger partial charge on any atom is -0.207 e. The molecule has 0 aromatic heterocycles. The topological polar surface area (TPSA) is 37.4 Å². The standard InChI is InChI=1S/C14H20ClNO2S/c1-11-9-12(2)16(10-11)19(17,18)14-5-3-13(4-6-14)7-8-15/h3-6,11-12H,7-10H2,1-2H3. The molecule has 2 unspecified atom stereocenters. The number of aryl methyl sites for hydroxylation is 1. The van der Waals surface area contributed by atoms with Gasteiger partial charge in [0.25, 0.3) is 0 Å². The molecule has 19 heavy (non-hydrogen) atoms. The lowest BCUT2D eigenvalue weighted by Gasteiger charge is -2.21. The van der Waals surface area contributed by atoms with Crippen LogP contribution in [-0.4, -0.2) is 31.2 Å². The van der Waals surface area contributed by atoms with E-state index < -0.39 is 10.0 Å². The molecule has 0 spiro atoms. The Morgan fingerprint density at radius 1 is 1.26 bits per heavy atom. The predicted octanol–water partition coefficient (Wildman–Crippen LogP) is 2.89. The normalized spacial score (nSPS) is 24.8. The summed E-state index contributed by atoms with van der Waals surface area (Å²) in [5, 5.41) is 0. The molecule has 1 heterocycles. The Balaban J connectivity index is 2.24. The zero-order chi connectivity index (χ0) is 14.0. The van der Waals surface area contributed by atoms with Crippen molar-refractivity contribution < 1.29 is 8.42 Å². The molecule has 1 fully saturated rings. The zero-order valence-corrected chi connectivity index (χ0v) is 12.9. The largest absolute Gasteiger partial charge is 0.243 e. The maximum absolute atomic E-state index is 12.6. The first-order chi connectivity index (χ1) is 8.95. The third kappa shape index (κ3) is 3.12. The fraction of sp³-hybridized carbons (Fsp3) is 0.571. The minimum atomic E-state index is -3.35. The monoisotopic (exact) mass is 301 g/mol. The van der Waals surface area contributed by atoms with E-state index in [1.807, 2.05) is 19.1 Å². The van der Waals surface area contributed by atoms with Crippen LogP contribution < -0.4 is 0 Å². The van der Waals surface area contributed by atoms with Gasteiger partial charge in [0, 0.05) is 18.5 Å². The Morgan fingerprint density at radius 2 is 1.89 bits per heavy atom. The Labute approximate surface area is 120 Å². The molecule has 0 aliphatic carbocycles. The molecular formula is C14H20ClNO2S. The molecule has 2 rings (SSSR count). The Hall–Kier alpha value is -0.580. The molecule has 1 saturated heterocycles. The van der Waals surface area contributed by atoms with Crippen LogP contribution in [0.15, 0.2) is 29.2 Å². The molecule has 1 aliphatic rings. The van der Waals surface area contributed by atoms with Gasteiger partial charge in [-0.05, 0) is 43.4 Å². The quantitative estimate of drug-likeness (QED) is 0.802. The Kier molecular flexibility index (Phi) is 4.54. The average Bonchev–Trinajstić information content (AvgIpc) is 2.70. The molecule has 0 saturated carbocycles. The van der Waals surface area contributed by atoms with Gasteiger partial charge in [-0.3, -0.25) is 0 Å². The van der Waals surface area contributed by atoms with Gasteiger partial charge in [0.05, 0.1) is 4.90 Å². The lowest BCUT2D eigenvalue weighted by Crippen LogP contribution is -2.33. The molecule has 3 nitrogen and oxygen atoms in total. The van der Waals surface area contributed by atoms with Crippen molar-refractivity contribution in [2.45, 2.75) is 37.6 Å². The first-order valence-electron chi connectivity index (χ1n) is 6.62. The summed E-state index contributed by atoms with van der Waals surface area (Å²) in [6.45, 7) is 4.69. The second-order valence-electron chi connectivity index (χ2n) is 5.35. The summed E-state index contributed by atoms with van der Waals surface area (Å²) < 4.78 is 26.7. The van der Waals surface area contributed by atoms with Crippen molar-refractivity contribution >= 4 is 21.6 Å². The molecule has 5 heteroatoms. The Morgan fingerprint density at radius 3 is 2.37 bits per heavy atom. The van der Waals surface area contributed by atoms with Crippen LogP contribution in [0, 0.1) is 5.92 Å². The van der Waals surface area contributed by atoms with Gasteiger partial charge in [-0.25, -0.2) is 8.42 Å². The maximum Gasteiger partial charge on any atom is 0.243 e. The van der Waals surface area contributed by atoms with E-state index in [1.54, 1.807) is 16.4 Å². The fourth-order valence-corrected chi connectivity index (χ4v) is 4.65. The second kappa shape index (κ2) is 5.81. The number of hydrogen-bond donors (Lipinski definition) is 0. The number of sulfonamides is 1. The van der Waals surface area contributed by atoms with E-state index in [9.17, 15) is 8.42 Å². The van der Waals surface area contributed by atoms with E-state index in [2.05, 4.69) is 6.92 Å². The van der Waals surface area contributed by atoms with Crippen molar-refractivity contribution in [3.63, 3.8) is 0 Å². The third-order valence-electron chi connectivity index (χ3n) is 3.64. The highest BCUT2D eigenvalue weighted by Gasteiger charge is 2.35. The molecule has 0 N–H and O–H groups in total. The number of alkyl halides is 1. The Bertz CT molecular complexity index is 527. The maximum atomic E-state index is 12.6. The minimum absolute atomic E-state index is 0.0857. The molecule has 1 aromatic carbocycles. The van der Waals surface area contributed by atoms with Crippen molar-refractivity contribution in [3.8, 4) is 0 Å². The van der Waals surface area contributed by atoms with Crippen molar-refractivity contribution in [2.75, 3.05) is 12.4 Å². The number of halogens is 1. The first-order valence-corrected chi connectivity index (χ1v) is 8.59. The van der Waals surface area contributed by atoms with Crippen LogP contribution in [0.2, 0.25) is 0 Å². The van der Waals surface area contributed by atoms with Crippen molar-refractivity contribution in [1.82, 2.24) is 4.31 Å². The first kappa shape index (κ1) is 14.8. The summed E-state index contributed by atoms with van der Waals surface area (Å²) in [5.41, 5.74) is 1.07. The fourth-order valence-electron chi connectivity index (χ4n) is 2.67. The molecule has 1 aromatic rings. The second-order valence-corrected chi connectivity index (χ2v) is 7.62. The summed E-state index contributed by atoms with van der Waals surface area (Å²) in [4.78, 5) is 0.381. The van der Waals surface area contributed by atoms with Crippen LogP contribution in [0.25, 0.3) is 0 Å². The highest BCUT2D eigenvalue weighted by atomic mass is 35.5. The van der Waals surface area contributed by atoms with Crippen LogP contribution in [0.5, 0.6) is 0 Å². The zero-order valence-electron chi connectivity index (χ0n) is 11.3. The summed E-state index contributed by atoms with van der Waals surface area (Å²) in [7, 11) is -3.35. The highest BCUT2D eigenvalue weighted by molar-refractivity contribution is 7.89. The van der Waals surface area contributed by atoms with Crippen LogP contribution in [0.4, 0.5) is 0 Å². The summed E-state index contributed by atoms with van der Waals surface area (Å²) in [5.74, 6) is 0.979. The van der Waals surface area contributed by atoms with E-state index in [1.165, 1.54) is 0 Å². The van der Waals surface area contributed by atoms with Crippen molar-refractivity contribution in [2.24, 2.45) is 5.92 Å². The van der Waals surface area contributed by atoms with Gasteiger partial charge >= 0.3 is 0 Å². The van der Waals surface area contributed by atoms with Crippen LogP contribution >= 0.6 is 11.6 Å². The van der Waals surface area contributed by atoms with Gasteiger partial charge in [0.2, 0.25) is 10.0 Å². The van der Waals surface area contributed by atoms with Gasteiger partial charge in [0.1, 0.15) is 0 Å². The van der Waals surface area contributed by atoms with Crippen LogP contribution in [0.3, 0.4) is 0 Å². The van der Waals surface area contributed by atoms with Gasteiger partial charge in [0.15, 0.2) is 0 Å². The van der Waals surface area contributed by atoms with E-state index >= 15 is 0 Å². The molecule has 1 aliphatic heterocycles. The predicted molar refractivity (Wildman–Crippen MR) is 78.0 cm³/mol. The number of nitrogens with zero attached hydrogens (tertiary/aromatic N) is 1. The van der Waals surface area contributed by atoms with E-state index in [0.717, 1.165) is 18.4 Å². The molecule has 106 valence electrons. The average molecular weight is 302 g/mol. The van der Waals surface area contributed by atoms with Gasteiger partial charge in [-0.1, -0.05) is 19.1 Å². The smallest absolute Gasteiger partial charge is 0.207 e. The summed E-state index contributed by atoms with van der Waals surface area (Å²) >= 11 is 5.68. The third-order valence-corrected chi connectivity index (χ3v) is 5.82. The van der Waals surface area contributed by atoms with Gasteiger partial charge in [-0.2, -0.15) is 4.31 Å². The van der Waals surface area contributed by atoms with Crippen LogP contribution in [0.1, 0.15) is 25.8 Å². The van der Waals surface area contributed by atoms with E-state index in [-0.39, 0.29) is 6.04 Å². The van der Waals surface area contributed by atoms with Crippen molar-refractivity contribution in [3.05, 3.63) is 29.8 Å². The van der Waals surface area contributed by atoms with Gasteiger partial charge in [-0.15, -0.1) is 11.6 Å². The SMILES string of the molecule is CC1CC(C)N(S(=O)(=O)c2ccc(CCCl)cc2)C1. The van der Waals surface area contributed by atoms with Crippen molar-refractivity contribution in [1.29, 1.82) is 0 Å². The van der Waals surface area contributed by atoms with E-state index in [4.69, 9.17) is 11.6 Å². The number of rotatable bonds is 4. The molecule has 0 radical (unpaired) electrons. The lowest BCUT2D eigenvalue weighted by molar-refractivity contribution is 0.405. The molecule has 2 atom stereocenters.